The first kappa shape index (κ1) is 13.4. The molecule has 0 unspecified atom stereocenters. The van der Waals surface area contributed by atoms with Gasteiger partial charge in [-0.25, -0.2) is 0 Å². The number of oxime groups is 1. The number of rotatable bonds is 3. The highest BCUT2D eigenvalue weighted by molar-refractivity contribution is 9.10. The van der Waals surface area contributed by atoms with Crippen LogP contribution in [0.4, 0.5) is 0 Å². The molecule has 0 spiro atoms. The van der Waals surface area contributed by atoms with Crippen LogP contribution in [0.1, 0.15) is 11.1 Å². The predicted molar refractivity (Wildman–Crippen MR) is 77.9 cm³/mol. The number of para-hydroxylation sites is 1. The van der Waals surface area contributed by atoms with Crippen molar-refractivity contribution in [2.45, 2.75) is 6.92 Å². The Kier molecular flexibility index (Phi) is 4.06. The summed E-state index contributed by atoms with van der Waals surface area (Å²) in [5.41, 5.74) is 7.13. The quantitative estimate of drug-likeness (QED) is 0.392. The predicted octanol–water partition coefficient (Wildman–Crippen LogP) is 3.64. The lowest BCUT2D eigenvalue weighted by molar-refractivity contribution is 0.318. The van der Waals surface area contributed by atoms with Gasteiger partial charge < -0.3 is 15.7 Å². The molecular formula is C14H13BrN2O2. The van der Waals surface area contributed by atoms with E-state index < -0.39 is 0 Å². The van der Waals surface area contributed by atoms with Crippen LogP contribution in [-0.4, -0.2) is 11.0 Å². The molecule has 98 valence electrons. The second-order valence-electron chi connectivity index (χ2n) is 3.99. The highest BCUT2D eigenvalue weighted by Gasteiger charge is 2.07. The number of hydrogen-bond donors (Lipinski definition) is 2. The molecule has 0 atom stereocenters. The number of halogens is 1. The highest BCUT2D eigenvalue weighted by atomic mass is 79.9. The average molecular weight is 321 g/mol. The minimum atomic E-state index is 0.0879. The molecule has 0 aromatic heterocycles. The summed E-state index contributed by atoms with van der Waals surface area (Å²) >= 11 is 3.42. The van der Waals surface area contributed by atoms with Gasteiger partial charge in [-0.05, 0) is 58.7 Å². The van der Waals surface area contributed by atoms with Crippen LogP contribution in [0.15, 0.2) is 52.1 Å². The molecule has 0 heterocycles. The van der Waals surface area contributed by atoms with E-state index in [1.54, 1.807) is 12.1 Å². The summed E-state index contributed by atoms with van der Waals surface area (Å²) in [4.78, 5) is 0. The van der Waals surface area contributed by atoms with E-state index in [0.717, 1.165) is 15.8 Å². The SMILES string of the molecule is Cc1cc(Oc2ccccc2Br)ccc1/C(N)=N/O. The number of amidine groups is 1. The second-order valence-corrected chi connectivity index (χ2v) is 4.85. The molecule has 4 nitrogen and oxygen atoms in total. The molecule has 0 fully saturated rings. The molecule has 3 N–H and O–H groups in total. The van der Waals surface area contributed by atoms with Gasteiger partial charge in [0, 0.05) is 5.56 Å². The Morgan fingerprint density at radius 3 is 2.63 bits per heavy atom. The summed E-state index contributed by atoms with van der Waals surface area (Å²) < 4.78 is 6.65. The van der Waals surface area contributed by atoms with Crippen LogP contribution in [0.5, 0.6) is 11.5 Å². The van der Waals surface area contributed by atoms with E-state index in [0.29, 0.717) is 11.3 Å². The fraction of sp³-hybridized carbons (Fsp3) is 0.0714. The number of ether oxygens (including phenoxy) is 1. The summed E-state index contributed by atoms with van der Waals surface area (Å²) in [6.07, 6.45) is 0. The zero-order valence-corrected chi connectivity index (χ0v) is 11.9. The van der Waals surface area contributed by atoms with E-state index >= 15 is 0 Å². The van der Waals surface area contributed by atoms with Crippen LogP contribution in [-0.2, 0) is 0 Å². The van der Waals surface area contributed by atoms with Gasteiger partial charge in [0.25, 0.3) is 0 Å². The van der Waals surface area contributed by atoms with Crippen molar-refractivity contribution in [3.8, 4) is 11.5 Å². The van der Waals surface area contributed by atoms with Crippen molar-refractivity contribution >= 4 is 21.8 Å². The molecule has 0 aliphatic heterocycles. The van der Waals surface area contributed by atoms with E-state index in [1.165, 1.54) is 0 Å². The monoisotopic (exact) mass is 320 g/mol. The Morgan fingerprint density at radius 2 is 2.00 bits per heavy atom. The number of hydrogen-bond acceptors (Lipinski definition) is 3. The maximum absolute atomic E-state index is 8.68. The third kappa shape index (κ3) is 3.06. The molecule has 2 aromatic rings. The Bertz CT molecular complexity index is 627. The van der Waals surface area contributed by atoms with Gasteiger partial charge in [-0.15, -0.1) is 0 Å². The topological polar surface area (TPSA) is 67.8 Å². The lowest BCUT2D eigenvalue weighted by atomic mass is 10.1. The minimum absolute atomic E-state index is 0.0879. The van der Waals surface area contributed by atoms with E-state index in [2.05, 4.69) is 21.1 Å². The zero-order chi connectivity index (χ0) is 13.8. The fourth-order valence-corrected chi connectivity index (χ4v) is 2.06. The van der Waals surface area contributed by atoms with Crippen molar-refractivity contribution in [1.29, 1.82) is 0 Å². The Labute approximate surface area is 119 Å². The van der Waals surface area contributed by atoms with Crippen LogP contribution in [0.25, 0.3) is 0 Å². The fourth-order valence-electron chi connectivity index (χ4n) is 1.70. The molecule has 5 heteroatoms. The third-order valence-corrected chi connectivity index (χ3v) is 3.30. The first-order valence-electron chi connectivity index (χ1n) is 5.62. The smallest absolute Gasteiger partial charge is 0.170 e. The second kappa shape index (κ2) is 5.75. The van der Waals surface area contributed by atoms with Gasteiger partial charge in [0.05, 0.1) is 4.47 Å². The van der Waals surface area contributed by atoms with E-state index in [9.17, 15) is 0 Å². The number of nitrogens with zero attached hydrogens (tertiary/aromatic N) is 1. The van der Waals surface area contributed by atoms with Gasteiger partial charge in [-0.1, -0.05) is 17.3 Å². The standard InChI is InChI=1S/C14H13BrN2O2/c1-9-8-10(6-7-11(9)14(16)17-18)19-13-5-3-2-4-12(13)15/h2-8,18H,1H3,(H2,16,17). The summed E-state index contributed by atoms with van der Waals surface area (Å²) in [6.45, 7) is 1.88. The molecule has 2 rings (SSSR count). The summed E-state index contributed by atoms with van der Waals surface area (Å²) in [6, 6.07) is 13.0. The Balaban J connectivity index is 2.29. The normalized spacial score (nSPS) is 11.4. The molecule has 0 radical (unpaired) electrons. The zero-order valence-electron chi connectivity index (χ0n) is 10.3. The van der Waals surface area contributed by atoms with Crippen molar-refractivity contribution in [3.05, 3.63) is 58.1 Å². The largest absolute Gasteiger partial charge is 0.456 e. The van der Waals surface area contributed by atoms with Gasteiger partial charge >= 0.3 is 0 Å². The first-order chi connectivity index (χ1) is 9.11. The summed E-state index contributed by atoms with van der Waals surface area (Å²) in [5, 5.41) is 11.7. The summed E-state index contributed by atoms with van der Waals surface area (Å²) in [7, 11) is 0. The van der Waals surface area contributed by atoms with Crippen LogP contribution in [0, 0.1) is 6.92 Å². The van der Waals surface area contributed by atoms with Gasteiger partial charge in [-0.2, -0.15) is 0 Å². The molecule has 0 aliphatic rings. The lowest BCUT2D eigenvalue weighted by Crippen LogP contribution is -2.14. The number of nitrogens with two attached hydrogens (primary N) is 1. The van der Waals surface area contributed by atoms with Crippen molar-refractivity contribution in [1.82, 2.24) is 0 Å². The van der Waals surface area contributed by atoms with Gasteiger partial charge in [-0.3, -0.25) is 0 Å². The molecule has 0 saturated heterocycles. The maximum Gasteiger partial charge on any atom is 0.170 e. The van der Waals surface area contributed by atoms with E-state index in [-0.39, 0.29) is 5.84 Å². The van der Waals surface area contributed by atoms with E-state index in [4.69, 9.17) is 15.7 Å². The molecular weight excluding hydrogens is 308 g/mol. The average Bonchev–Trinajstić information content (AvgIpc) is 2.41. The van der Waals surface area contributed by atoms with Gasteiger partial charge in [0.1, 0.15) is 11.5 Å². The lowest BCUT2D eigenvalue weighted by Gasteiger charge is -2.10. The third-order valence-electron chi connectivity index (χ3n) is 2.65. The molecule has 0 aliphatic carbocycles. The molecule has 0 bridgehead atoms. The Morgan fingerprint density at radius 1 is 1.26 bits per heavy atom. The Hall–Kier alpha value is -2.01. The van der Waals surface area contributed by atoms with E-state index in [1.807, 2.05) is 37.3 Å². The van der Waals surface area contributed by atoms with Crippen molar-refractivity contribution < 1.29 is 9.94 Å². The van der Waals surface area contributed by atoms with Crippen LogP contribution in [0.2, 0.25) is 0 Å². The highest BCUT2D eigenvalue weighted by Crippen LogP contribution is 2.30. The maximum atomic E-state index is 8.68. The summed E-state index contributed by atoms with van der Waals surface area (Å²) in [5.74, 6) is 1.52. The number of benzene rings is 2. The number of aryl methyl sites for hydroxylation is 1. The van der Waals surface area contributed by atoms with Gasteiger partial charge in [0.15, 0.2) is 5.84 Å². The first-order valence-corrected chi connectivity index (χ1v) is 6.42. The minimum Gasteiger partial charge on any atom is -0.456 e. The van der Waals surface area contributed by atoms with Crippen LogP contribution < -0.4 is 10.5 Å². The van der Waals surface area contributed by atoms with Gasteiger partial charge in [0.2, 0.25) is 0 Å². The van der Waals surface area contributed by atoms with Crippen LogP contribution in [0.3, 0.4) is 0 Å². The van der Waals surface area contributed by atoms with Crippen molar-refractivity contribution in [3.63, 3.8) is 0 Å². The molecule has 0 saturated carbocycles. The van der Waals surface area contributed by atoms with Crippen molar-refractivity contribution in [2.24, 2.45) is 10.9 Å². The van der Waals surface area contributed by atoms with Crippen molar-refractivity contribution in [2.75, 3.05) is 0 Å². The molecule has 19 heavy (non-hydrogen) atoms. The van der Waals surface area contributed by atoms with Crippen LogP contribution >= 0.6 is 15.9 Å². The molecule has 2 aromatic carbocycles. The molecule has 0 amide bonds.